The number of phosphoric acid groups is 2. The molecule has 5 unspecified atom stereocenters. The van der Waals surface area contributed by atoms with Gasteiger partial charge >= 0.3 is 39.5 Å². The number of ether oxygens (including phenoxy) is 4. The molecule has 19 heteroatoms. The van der Waals surface area contributed by atoms with E-state index in [1.165, 1.54) is 51.4 Å². The fraction of sp³-hybridized carbons (Fsp3) is 0.687. The quantitative estimate of drug-likeness (QED) is 0.0169. The van der Waals surface area contributed by atoms with Gasteiger partial charge < -0.3 is 33.8 Å². The number of unbranched alkanes of at least 4 members (excludes halogenated alkanes) is 25. The fourth-order valence-corrected chi connectivity index (χ4v) is 11.7. The van der Waals surface area contributed by atoms with E-state index in [2.05, 4.69) is 161 Å². The van der Waals surface area contributed by atoms with E-state index in [9.17, 15) is 43.2 Å². The lowest BCUT2D eigenvalue weighted by Crippen LogP contribution is -2.30. The fourth-order valence-electron chi connectivity index (χ4n) is 10.1. The van der Waals surface area contributed by atoms with Crippen LogP contribution in [0.5, 0.6) is 0 Å². The lowest BCUT2D eigenvalue weighted by Gasteiger charge is -2.21. The highest BCUT2D eigenvalue weighted by atomic mass is 31.2. The van der Waals surface area contributed by atoms with Crippen molar-refractivity contribution in [1.29, 1.82) is 0 Å². The summed E-state index contributed by atoms with van der Waals surface area (Å²) in [6, 6.07) is 0. The summed E-state index contributed by atoms with van der Waals surface area (Å²) in [6.45, 7) is 4.52. The number of esters is 4. The average Bonchev–Trinajstić information content (AvgIpc) is 0.921. The van der Waals surface area contributed by atoms with Gasteiger partial charge in [0.2, 0.25) is 0 Å². The number of carbonyl (C=O) groups excluding carboxylic acids is 4. The van der Waals surface area contributed by atoms with Crippen LogP contribution in [0.3, 0.4) is 0 Å². The first-order valence-corrected chi connectivity index (χ1v) is 42.4. The molecule has 0 aromatic rings. The average molecular weight is 1470 g/mol. The molecular weight excluding hydrogens is 1330 g/mol. The van der Waals surface area contributed by atoms with Crippen LogP contribution in [0, 0.1) is 0 Å². The van der Waals surface area contributed by atoms with Crippen molar-refractivity contribution in [2.45, 2.75) is 329 Å². The maximum atomic E-state index is 13.1. The summed E-state index contributed by atoms with van der Waals surface area (Å²) in [7, 11) is -9.98. The van der Waals surface area contributed by atoms with Crippen LogP contribution in [0.1, 0.15) is 310 Å². The number of carbonyl (C=O) groups is 4. The summed E-state index contributed by atoms with van der Waals surface area (Å²) in [4.78, 5) is 72.9. The molecule has 0 amide bonds. The first kappa shape index (κ1) is 97.2. The predicted molar refractivity (Wildman–Crippen MR) is 418 cm³/mol. The molecule has 102 heavy (non-hydrogen) atoms. The molecule has 584 valence electrons. The third-order valence-corrected chi connectivity index (χ3v) is 18.0. The summed E-state index contributed by atoms with van der Waals surface area (Å²) < 4.78 is 68.5. The maximum absolute atomic E-state index is 13.1. The standard InChI is InChI=1S/C83H140O17P2/c1-5-9-13-17-21-25-29-32-35-37-38-40-42-45-49-52-56-60-64-68-81(86)94-74-79(100-83(88)70-66-62-58-54-50-46-43-39-36-33-30-26-22-18-14-10-6-2)76-98-102(91,92)96-72-77(84)71-95-101(89,90)97-75-78(99-82(87)69-65-61-57-53-47-28-24-20-16-12-8-4)73-93-80(85)67-63-59-55-51-48-44-41-34-31-27-23-19-15-11-7-3/h9-10,13-14,20-22,24-26,32-36,38,40-41,43,45-46,49,77-79,84H,5-8,11-12,15-19,23,27-31,37,39,42,44,47-48,50-76H2,1-4H3,(H,89,90)(H,91,92)/b13-9-,14-10-,24-20-,25-21-,26-22-,35-32-,36-33-,40-38-,41-34-,46-43-,49-45-. The molecule has 0 heterocycles. The summed E-state index contributed by atoms with van der Waals surface area (Å²) in [5.74, 6) is -2.26. The lowest BCUT2D eigenvalue weighted by atomic mass is 10.1. The summed E-state index contributed by atoms with van der Waals surface area (Å²) in [6.07, 6.45) is 83.0. The van der Waals surface area contributed by atoms with Gasteiger partial charge in [-0.05, 0) is 154 Å². The number of hydrogen-bond donors (Lipinski definition) is 3. The molecule has 17 nitrogen and oxygen atoms in total. The highest BCUT2D eigenvalue weighted by molar-refractivity contribution is 7.47. The van der Waals surface area contributed by atoms with Crippen molar-refractivity contribution in [2.24, 2.45) is 0 Å². The van der Waals surface area contributed by atoms with Gasteiger partial charge in [-0.25, -0.2) is 9.13 Å². The Labute approximate surface area is 618 Å². The number of rotatable bonds is 73. The number of aliphatic hydroxyl groups is 1. The molecule has 0 aliphatic carbocycles. The van der Waals surface area contributed by atoms with Crippen LogP contribution < -0.4 is 0 Å². The van der Waals surface area contributed by atoms with E-state index in [-0.39, 0.29) is 25.7 Å². The Kier molecular flexibility index (Phi) is 71.0. The van der Waals surface area contributed by atoms with Crippen molar-refractivity contribution < 1.29 is 80.2 Å². The molecule has 0 rings (SSSR count). The number of allylic oxidation sites excluding steroid dienone is 22. The Morgan fingerprint density at radius 1 is 0.284 bits per heavy atom. The number of hydrogen-bond acceptors (Lipinski definition) is 15. The van der Waals surface area contributed by atoms with Gasteiger partial charge in [0.1, 0.15) is 19.3 Å². The Morgan fingerprint density at radius 2 is 0.520 bits per heavy atom. The third kappa shape index (κ3) is 73.5. The minimum atomic E-state index is -5.00. The van der Waals surface area contributed by atoms with E-state index >= 15 is 0 Å². The zero-order valence-corrected chi connectivity index (χ0v) is 65.5. The molecule has 0 aromatic carbocycles. The molecule has 0 fully saturated rings. The van der Waals surface area contributed by atoms with Gasteiger partial charge in [-0.1, -0.05) is 264 Å². The summed E-state index contributed by atoms with van der Waals surface area (Å²) in [5, 5.41) is 10.6. The Balaban J connectivity index is 5.40. The smallest absolute Gasteiger partial charge is 0.462 e. The Bertz CT molecular complexity index is 2460. The molecule has 5 atom stereocenters. The molecule has 3 N–H and O–H groups in total. The second-order valence-electron chi connectivity index (χ2n) is 25.9. The van der Waals surface area contributed by atoms with Gasteiger partial charge in [0.15, 0.2) is 12.2 Å². The van der Waals surface area contributed by atoms with Crippen LogP contribution in [0.25, 0.3) is 0 Å². The van der Waals surface area contributed by atoms with Crippen LogP contribution >= 0.6 is 15.6 Å². The van der Waals surface area contributed by atoms with Crippen molar-refractivity contribution in [1.82, 2.24) is 0 Å². The zero-order valence-electron chi connectivity index (χ0n) is 63.7. The Hall–Kier alpha value is -4.80. The van der Waals surface area contributed by atoms with Crippen LogP contribution in [0.15, 0.2) is 134 Å². The largest absolute Gasteiger partial charge is 0.472 e. The van der Waals surface area contributed by atoms with Gasteiger partial charge in [0.25, 0.3) is 0 Å². The van der Waals surface area contributed by atoms with E-state index < -0.39 is 97.5 Å². The van der Waals surface area contributed by atoms with Crippen molar-refractivity contribution in [3.05, 3.63) is 134 Å². The highest BCUT2D eigenvalue weighted by Gasteiger charge is 2.30. The van der Waals surface area contributed by atoms with Crippen LogP contribution in [0.2, 0.25) is 0 Å². The van der Waals surface area contributed by atoms with Crippen LogP contribution in [0.4, 0.5) is 0 Å². The third-order valence-electron chi connectivity index (χ3n) is 16.1. The van der Waals surface area contributed by atoms with Crippen LogP contribution in [-0.4, -0.2) is 96.7 Å². The molecule has 0 radical (unpaired) electrons. The molecule has 0 aliphatic rings. The maximum Gasteiger partial charge on any atom is 0.472 e. The second-order valence-corrected chi connectivity index (χ2v) is 28.8. The van der Waals surface area contributed by atoms with E-state index in [1.54, 1.807) is 0 Å². The summed E-state index contributed by atoms with van der Waals surface area (Å²) >= 11 is 0. The van der Waals surface area contributed by atoms with Gasteiger partial charge in [0, 0.05) is 25.7 Å². The highest BCUT2D eigenvalue weighted by Crippen LogP contribution is 2.45. The van der Waals surface area contributed by atoms with Crippen molar-refractivity contribution in [3.63, 3.8) is 0 Å². The topological polar surface area (TPSA) is 237 Å². The molecule has 0 saturated carbocycles. The molecule has 0 spiro atoms. The summed E-state index contributed by atoms with van der Waals surface area (Å²) in [5.41, 5.74) is 0. The van der Waals surface area contributed by atoms with Gasteiger partial charge in [-0.15, -0.1) is 0 Å². The van der Waals surface area contributed by atoms with E-state index in [1.807, 2.05) is 0 Å². The van der Waals surface area contributed by atoms with Crippen molar-refractivity contribution in [2.75, 3.05) is 39.6 Å². The second kappa shape index (κ2) is 74.5. The first-order chi connectivity index (χ1) is 49.7. The van der Waals surface area contributed by atoms with E-state index in [4.69, 9.17) is 37.0 Å². The Morgan fingerprint density at radius 3 is 0.833 bits per heavy atom. The number of aliphatic hydroxyl groups excluding tert-OH is 1. The molecule has 0 aliphatic heterocycles. The molecule has 0 aromatic heterocycles. The van der Waals surface area contributed by atoms with Gasteiger partial charge in [-0.3, -0.25) is 37.3 Å². The SMILES string of the molecule is CC/C=C\C/C=C\C/C=C\C/C=C\C/C=C\CCCCCC(=O)OCC(COP(=O)(O)OCC(O)COP(=O)(O)OCC(COC(=O)CCCCCCC/C=C\CCCCCCCC)OC(=O)CCCCCCC/C=C\CCCC)OC(=O)CCCCCC/C=C\C/C=C\C/C=C\C/C=C\CC. The lowest BCUT2D eigenvalue weighted by molar-refractivity contribution is -0.161. The predicted octanol–water partition coefficient (Wildman–Crippen LogP) is 22.9. The van der Waals surface area contributed by atoms with Crippen molar-refractivity contribution >= 4 is 39.5 Å². The van der Waals surface area contributed by atoms with E-state index in [0.717, 1.165) is 180 Å². The monoisotopic (exact) mass is 1470 g/mol. The first-order valence-electron chi connectivity index (χ1n) is 39.4. The van der Waals surface area contributed by atoms with Gasteiger partial charge in [-0.2, -0.15) is 0 Å². The molecule has 0 saturated heterocycles. The molecular formula is C83H140O17P2. The van der Waals surface area contributed by atoms with Crippen molar-refractivity contribution in [3.8, 4) is 0 Å². The number of phosphoric ester groups is 2. The van der Waals surface area contributed by atoms with E-state index in [0.29, 0.717) is 25.7 Å². The van der Waals surface area contributed by atoms with Crippen LogP contribution in [-0.2, 0) is 65.4 Å². The minimum absolute atomic E-state index is 0.0553. The van der Waals surface area contributed by atoms with Gasteiger partial charge in [0.05, 0.1) is 26.4 Å². The normalized spacial score (nSPS) is 14.6. The zero-order chi connectivity index (χ0) is 74.6. The molecule has 0 bridgehead atoms. The minimum Gasteiger partial charge on any atom is -0.462 e.